The zero-order valence-electron chi connectivity index (χ0n) is 31.8. The number of nitrogens with zero attached hydrogens (tertiary/aromatic N) is 2. The van der Waals surface area contributed by atoms with Gasteiger partial charge in [0.25, 0.3) is 0 Å². The number of benzene rings is 5. The summed E-state index contributed by atoms with van der Waals surface area (Å²) >= 11 is 0. The van der Waals surface area contributed by atoms with Crippen LogP contribution in [0.3, 0.4) is 0 Å². The lowest BCUT2D eigenvalue weighted by atomic mass is 9.89. The monoisotopic (exact) mass is 752 g/mol. The van der Waals surface area contributed by atoms with Crippen LogP contribution in [0.5, 0.6) is 34.5 Å². The Morgan fingerprint density at radius 2 is 0.982 bits per heavy atom. The van der Waals surface area contributed by atoms with Gasteiger partial charge < -0.3 is 32.9 Å². The fraction of sp³-hybridized carbons (Fsp3) is 0.133. The summed E-state index contributed by atoms with van der Waals surface area (Å²) in [5.74, 6) is 3.38. The van der Waals surface area contributed by atoms with Crippen molar-refractivity contribution >= 4 is 24.3 Å². The molecule has 11 heteroatoms. The zero-order valence-corrected chi connectivity index (χ0v) is 31.8. The van der Waals surface area contributed by atoms with E-state index < -0.39 is 7.40 Å². The van der Waals surface area contributed by atoms with Gasteiger partial charge in [-0.25, -0.2) is 4.99 Å². The number of hydrogen-bond acceptors (Lipinski definition) is 7. The van der Waals surface area contributed by atoms with Gasteiger partial charge in [0.2, 0.25) is 0 Å². The molecular formula is C45H39BF2N2O6. The Balaban J connectivity index is 1.66. The maximum Gasteiger partial charge on any atom is 0.678 e. The van der Waals surface area contributed by atoms with Crippen LogP contribution in [0.2, 0.25) is 0 Å². The van der Waals surface area contributed by atoms with E-state index >= 15 is 8.63 Å². The molecule has 0 unspecified atom stereocenters. The van der Waals surface area contributed by atoms with Gasteiger partial charge in [-0.3, -0.25) is 8.63 Å². The van der Waals surface area contributed by atoms with E-state index in [4.69, 9.17) is 33.4 Å². The first kappa shape index (κ1) is 37.6. The van der Waals surface area contributed by atoms with E-state index in [1.165, 1.54) is 0 Å². The average molecular weight is 753 g/mol. The molecule has 1 aliphatic rings. The lowest BCUT2D eigenvalue weighted by molar-refractivity contribution is 0.392. The highest BCUT2D eigenvalue weighted by atomic mass is 19.2. The topological polar surface area (TPSA) is 72.7 Å². The minimum Gasteiger partial charge on any atom is -0.497 e. The van der Waals surface area contributed by atoms with E-state index in [-0.39, 0.29) is 11.4 Å². The number of halogens is 2. The molecule has 0 amide bonds. The van der Waals surface area contributed by atoms with Crippen LogP contribution in [0, 0.1) is 0 Å². The van der Waals surface area contributed by atoms with Gasteiger partial charge in [-0.2, -0.15) is 0 Å². The van der Waals surface area contributed by atoms with Gasteiger partial charge in [0.1, 0.15) is 34.5 Å². The summed E-state index contributed by atoms with van der Waals surface area (Å²) in [5.41, 5.74) is 6.39. The molecule has 0 radical (unpaired) electrons. The van der Waals surface area contributed by atoms with E-state index in [2.05, 4.69) is 0 Å². The van der Waals surface area contributed by atoms with Gasteiger partial charge in [-0.05, 0) is 114 Å². The molecule has 1 aromatic heterocycles. The summed E-state index contributed by atoms with van der Waals surface area (Å²) in [5, 5.41) is 0. The third kappa shape index (κ3) is 7.11. The molecule has 0 bridgehead atoms. The summed E-state index contributed by atoms with van der Waals surface area (Å²) < 4.78 is 67.2. The molecule has 0 saturated heterocycles. The number of aliphatic imine (C=N–C) groups is 1. The second kappa shape index (κ2) is 16.3. The minimum atomic E-state index is -3.00. The summed E-state index contributed by atoms with van der Waals surface area (Å²) in [4.78, 5) is 5.31. The molecule has 5 aromatic carbocycles. The van der Waals surface area contributed by atoms with Crippen molar-refractivity contribution in [3.63, 3.8) is 0 Å². The van der Waals surface area contributed by atoms with E-state index in [9.17, 15) is 0 Å². The van der Waals surface area contributed by atoms with E-state index in [1.807, 2.05) is 66.7 Å². The summed E-state index contributed by atoms with van der Waals surface area (Å²) in [6.45, 7) is 0. The maximum atomic E-state index is 16.2. The highest BCUT2D eigenvalue weighted by Crippen LogP contribution is 2.50. The van der Waals surface area contributed by atoms with Crippen molar-refractivity contribution < 1.29 is 37.1 Å². The van der Waals surface area contributed by atoms with Crippen molar-refractivity contribution in [3.8, 4) is 56.9 Å². The Morgan fingerprint density at radius 1 is 0.536 bits per heavy atom. The first-order valence-corrected chi connectivity index (χ1v) is 17.7. The normalized spacial score (nSPS) is 13.1. The molecule has 6 aromatic rings. The summed E-state index contributed by atoms with van der Waals surface area (Å²) in [6.07, 6.45) is 1.97. The van der Waals surface area contributed by atoms with Crippen LogP contribution in [-0.4, -0.2) is 60.3 Å². The molecule has 56 heavy (non-hydrogen) atoms. The van der Waals surface area contributed by atoms with Crippen LogP contribution in [0.1, 0.15) is 22.4 Å². The molecule has 8 nitrogen and oxygen atoms in total. The Labute approximate surface area is 325 Å². The average Bonchev–Trinajstić information content (AvgIpc) is 3.87. The molecule has 7 rings (SSSR count). The first-order chi connectivity index (χ1) is 27.3. The number of rotatable bonds is 13. The summed E-state index contributed by atoms with van der Waals surface area (Å²) in [6, 6.07) is 36.6. The first-order valence-electron chi connectivity index (χ1n) is 17.7. The van der Waals surface area contributed by atoms with Crippen molar-refractivity contribution in [2.45, 2.75) is 0 Å². The van der Waals surface area contributed by atoms with Crippen LogP contribution in [0.25, 0.3) is 33.5 Å². The van der Waals surface area contributed by atoms with Gasteiger partial charge in [-0.1, -0.05) is 30.3 Å². The Kier molecular flexibility index (Phi) is 10.9. The lowest BCUT2D eigenvalue weighted by Gasteiger charge is -2.22. The molecule has 0 aliphatic carbocycles. The van der Waals surface area contributed by atoms with Crippen LogP contribution in [-0.2, 0) is 0 Å². The number of hydrogen-bond donors (Lipinski definition) is 0. The Bertz CT molecular complexity index is 2420. The van der Waals surface area contributed by atoms with E-state index in [0.29, 0.717) is 79.3 Å². The third-order valence-electron chi connectivity index (χ3n) is 9.73. The second-order valence-electron chi connectivity index (χ2n) is 12.7. The molecule has 0 spiro atoms. The van der Waals surface area contributed by atoms with Crippen molar-refractivity contribution in [2.75, 3.05) is 42.7 Å². The minimum absolute atomic E-state index is 0.202. The largest absolute Gasteiger partial charge is 0.678 e. The summed E-state index contributed by atoms with van der Waals surface area (Å²) in [7, 11) is 6.44. The van der Waals surface area contributed by atoms with Crippen molar-refractivity contribution in [1.29, 1.82) is 0 Å². The maximum absolute atomic E-state index is 16.2. The number of methoxy groups -OCH3 is 6. The highest BCUT2D eigenvalue weighted by Gasteiger charge is 2.36. The second-order valence-corrected chi connectivity index (χ2v) is 12.7. The van der Waals surface area contributed by atoms with Gasteiger partial charge in [0, 0.05) is 28.0 Å². The predicted molar refractivity (Wildman–Crippen MR) is 218 cm³/mol. The van der Waals surface area contributed by atoms with Crippen molar-refractivity contribution in [2.24, 2.45) is 4.99 Å². The Hall–Kier alpha value is -6.75. The van der Waals surface area contributed by atoms with Gasteiger partial charge in [0.15, 0.2) is 0 Å². The van der Waals surface area contributed by atoms with Gasteiger partial charge >= 0.3 is 7.40 Å². The van der Waals surface area contributed by atoms with Crippen LogP contribution in [0.15, 0.2) is 138 Å². The molecule has 0 atom stereocenters. The number of ether oxygens (including phenoxy) is 6. The molecule has 282 valence electrons. The lowest BCUT2D eigenvalue weighted by Crippen LogP contribution is -2.18. The number of allylic oxidation sites excluding steroid dienone is 2. The fourth-order valence-corrected chi connectivity index (χ4v) is 6.91. The Morgan fingerprint density at radius 3 is 1.43 bits per heavy atom. The molecule has 0 N–H and O–H groups in total. The fourth-order valence-electron chi connectivity index (χ4n) is 6.91. The third-order valence-corrected chi connectivity index (χ3v) is 9.73. The van der Waals surface area contributed by atoms with E-state index in [0.717, 1.165) is 15.6 Å². The zero-order chi connectivity index (χ0) is 39.3. The highest BCUT2D eigenvalue weighted by molar-refractivity contribution is 6.43. The quantitative estimate of drug-likeness (QED) is 0.109. The van der Waals surface area contributed by atoms with Crippen molar-refractivity contribution in [3.05, 3.63) is 155 Å². The van der Waals surface area contributed by atoms with Crippen LogP contribution < -0.4 is 28.4 Å². The standard InChI is InChI=1S/C45H39BF2N2O6/c1-51-32-18-10-28(11-19-32)36-26-38(30-14-22-34(53-3)23-15-30)49-44(36)43(42-40(55-5)8-7-9-41(42)56-6)45-37(29-12-20-33(52-2)21-13-29)27-39(50(45)46(47)48)31-16-24-35(54-4)25-17-31/h7-27H,1-6H3/b44-43-. The molecule has 2 heterocycles. The van der Waals surface area contributed by atoms with Gasteiger partial charge in [-0.15, -0.1) is 0 Å². The van der Waals surface area contributed by atoms with Gasteiger partial charge in [0.05, 0.1) is 65.3 Å². The molecule has 1 aliphatic heterocycles. The van der Waals surface area contributed by atoms with Crippen LogP contribution in [0.4, 0.5) is 8.63 Å². The molecular weight excluding hydrogens is 713 g/mol. The molecule has 0 saturated carbocycles. The molecule has 0 fully saturated rings. The number of aromatic nitrogens is 1. The van der Waals surface area contributed by atoms with Crippen LogP contribution >= 0.6 is 0 Å². The van der Waals surface area contributed by atoms with E-state index in [1.54, 1.807) is 103 Å². The van der Waals surface area contributed by atoms with Crippen molar-refractivity contribution in [1.82, 2.24) is 4.48 Å². The smallest absolute Gasteiger partial charge is 0.497 e. The SMILES string of the molecule is COc1ccc(C2=CC(c3ccc(OC)cc3)=N/C2=C(/c2c(OC)cccc2OC)c2c(-c3ccc(OC)cc3)cc(-c3ccc(OC)cc3)n2B(F)F)cc1. The predicted octanol–water partition coefficient (Wildman–Crippen LogP) is 9.99.